The third kappa shape index (κ3) is 6.81. The minimum absolute atomic E-state index is 0.0158. The highest BCUT2D eigenvalue weighted by Crippen LogP contribution is 2.20. The van der Waals surface area contributed by atoms with Crippen molar-refractivity contribution in [1.82, 2.24) is 5.32 Å². The standard InChI is InChI=1S/C23H28N2O2/c26-23(24-15-14-19-8-3-1-4-9-19)17-25-21-12-7-13-22(16-21)27-18-20-10-5-2-6-11-20/h2,5-8,10-13,16,25H,1,3-4,9,14-15,17-18H2,(H,24,26). The maximum absolute atomic E-state index is 12.0. The second-order valence-corrected chi connectivity index (χ2v) is 6.86. The minimum atomic E-state index is 0.0158. The molecule has 0 aliphatic heterocycles. The Balaban J connectivity index is 1.38. The number of carbonyl (C=O) groups is 1. The van der Waals surface area contributed by atoms with Gasteiger partial charge in [-0.15, -0.1) is 0 Å². The van der Waals surface area contributed by atoms with E-state index in [9.17, 15) is 4.79 Å². The van der Waals surface area contributed by atoms with Gasteiger partial charge in [0.1, 0.15) is 12.4 Å². The van der Waals surface area contributed by atoms with E-state index in [0.717, 1.165) is 23.4 Å². The summed E-state index contributed by atoms with van der Waals surface area (Å²) in [5.41, 5.74) is 3.49. The van der Waals surface area contributed by atoms with Gasteiger partial charge in [0.05, 0.1) is 6.54 Å². The molecule has 2 N–H and O–H groups in total. The van der Waals surface area contributed by atoms with Gasteiger partial charge in [-0.1, -0.05) is 48.0 Å². The third-order valence-corrected chi connectivity index (χ3v) is 4.69. The van der Waals surface area contributed by atoms with Crippen LogP contribution >= 0.6 is 0 Å². The van der Waals surface area contributed by atoms with Gasteiger partial charge in [-0.2, -0.15) is 0 Å². The zero-order valence-corrected chi connectivity index (χ0v) is 15.7. The fourth-order valence-electron chi connectivity index (χ4n) is 3.18. The fourth-order valence-corrected chi connectivity index (χ4v) is 3.18. The van der Waals surface area contributed by atoms with Crippen molar-refractivity contribution >= 4 is 11.6 Å². The number of anilines is 1. The number of amides is 1. The zero-order valence-electron chi connectivity index (χ0n) is 15.7. The summed E-state index contributed by atoms with van der Waals surface area (Å²) in [6, 6.07) is 17.8. The first-order valence-corrected chi connectivity index (χ1v) is 9.75. The number of hydrogen-bond donors (Lipinski definition) is 2. The normalized spacial score (nSPS) is 13.6. The number of nitrogens with one attached hydrogen (secondary N) is 2. The topological polar surface area (TPSA) is 50.4 Å². The van der Waals surface area contributed by atoms with Crippen molar-refractivity contribution in [1.29, 1.82) is 0 Å². The molecule has 0 bridgehead atoms. The van der Waals surface area contributed by atoms with Gasteiger partial charge < -0.3 is 15.4 Å². The van der Waals surface area contributed by atoms with Crippen LogP contribution in [-0.4, -0.2) is 19.0 Å². The van der Waals surface area contributed by atoms with E-state index in [1.165, 1.54) is 31.3 Å². The van der Waals surface area contributed by atoms with Crippen LogP contribution in [0.2, 0.25) is 0 Å². The summed E-state index contributed by atoms with van der Waals surface area (Å²) in [6.07, 6.45) is 8.25. The lowest BCUT2D eigenvalue weighted by Gasteiger charge is -2.13. The Kier molecular flexibility index (Phi) is 7.34. The Morgan fingerprint density at radius 3 is 2.74 bits per heavy atom. The summed E-state index contributed by atoms with van der Waals surface area (Å²) in [5.74, 6) is 0.801. The second kappa shape index (κ2) is 10.4. The van der Waals surface area contributed by atoms with Crippen molar-refractivity contribution in [3.05, 3.63) is 71.8 Å². The van der Waals surface area contributed by atoms with E-state index >= 15 is 0 Å². The molecule has 1 aliphatic rings. The molecule has 0 atom stereocenters. The number of carbonyl (C=O) groups excluding carboxylic acids is 1. The van der Waals surface area contributed by atoms with Crippen molar-refractivity contribution in [3.8, 4) is 5.75 Å². The largest absolute Gasteiger partial charge is 0.489 e. The maximum Gasteiger partial charge on any atom is 0.239 e. The summed E-state index contributed by atoms with van der Waals surface area (Å²) in [7, 11) is 0. The lowest BCUT2D eigenvalue weighted by atomic mass is 9.97. The Labute approximate surface area is 161 Å². The summed E-state index contributed by atoms with van der Waals surface area (Å²) in [5, 5.41) is 6.15. The summed E-state index contributed by atoms with van der Waals surface area (Å²) in [4.78, 5) is 12.0. The molecule has 2 aromatic carbocycles. The van der Waals surface area contributed by atoms with Crippen molar-refractivity contribution < 1.29 is 9.53 Å². The molecule has 0 saturated heterocycles. The predicted octanol–water partition coefficient (Wildman–Crippen LogP) is 4.68. The fraction of sp³-hybridized carbons (Fsp3) is 0.348. The highest BCUT2D eigenvalue weighted by molar-refractivity contribution is 5.80. The number of benzene rings is 2. The average Bonchev–Trinajstić information content (AvgIpc) is 2.73. The number of allylic oxidation sites excluding steroid dienone is 1. The summed E-state index contributed by atoms with van der Waals surface area (Å²) >= 11 is 0. The van der Waals surface area contributed by atoms with Crippen LogP contribution in [0.15, 0.2) is 66.2 Å². The molecule has 0 fully saturated rings. The van der Waals surface area contributed by atoms with Crippen LogP contribution in [0.1, 0.15) is 37.7 Å². The molecule has 1 amide bonds. The van der Waals surface area contributed by atoms with E-state index in [4.69, 9.17) is 4.74 Å². The first-order valence-electron chi connectivity index (χ1n) is 9.75. The molecule has 0 aromatic heterocycles. The summed E-state index contributed by atoms with van der Waals surface area (Å²) in [6.45, 7) is 1.51. The molecular weight excluding hydrogens is 336 g/mol. The molecule has 142 valence electrons. The van der Waals surface area contributed by atoms with E-state index in [0.29, 0.717) is 13.2 Å². The Bertz CT molecular complexity index is 756. The molecule has 0 unspecified atom stereocenters. The second-order valence-electron chi connectivity index (χ2n) is 6.86. The molecule has 0 spiro atoms. The highest BCUT2D eigenvalue weighted by Gasteiger charge is 2.05. The maximum atomic E-state index is 12.0. The Morgan fingerprint density at radius 2 is 1.93 bits per heavy atom. The smallest absolute Gasteiger partial charge is 0.239 e. The molecule has 4 nitrogen and oxygen atoms in total. The van der Waals surface area contributed by atoms with Gasteiger partial charge in [-0.3, -0.25) is 4.79 Å². The van der Waals surface area contributed by atoms with Gasteiger partial charge >= 0.3 is 0 Å². The van der Waals surface area contributed by atoms with E-state index in [1.54, 1.807) is 0 Å². The van der Waals surface area contributed by atoms with Gasteiger partial charge in [0.25, 0.3) is 0 Å². The van der Waals surface area contributed by atoms with Gasteiger partial charge in [-0.25, -0.2) is 0 Å². The zero-order chi connectivity index (χ0) is 18.7. The Hall–Kier alpha value is -2.75. The monoisotopic (exact) mass is 364 g/mol. The van der Waals surface area contributed by atoms with Crippen molar-refractivity contribution in [2.45, 2.75) is 38.7 Å². The molecule has 2 aromatic rings. The Morgan fingerprint density at radius 1 is 1.04 bits per heavy atom. The SMILES string of the molecule is O=C(CNc1cccc(OCc2ccccc2)c1)NCCC1=CCCCC1. The van der Waals surface area contributed by atoms with Gasteiger partial charge in [0.15, 0.2) is 0 Å². The number of rotatable bonds is 9. The number of ether oxygens (including phenoxy) is 1. The first-order chi connectivity index (χ1) is 13.3. The quantitative estimate of drug-likeness (QED) is 0.635. The summed E-state index contributed by atoms with van der Waals surface area (Å²) < 4.78 is 5.82. The predicted molar refractivity (Wildman–Crippen MR) is 110 cm³/mol. The van der Waals surface area contributed by atoms with Crippen LogP contribution in [0.5, 0.6) is 5.75 Å². The van der Waals surface area contributed by atoms with Crippen LogP contribution in [0, 0.1) is 0 Å². The van der Waals surface area contributed by atoms with Crippen LogP contribution in [0.25, 0.3) is 0 Å². The molecule has 27 heavy (non-hydrogen) atoms. The van der Waals surface area contributed by atoms with E-state index in [-0.39, 0.29) is 12.5 Å². The molecule has 0 saturated carbocycles. The molecule has 0 radical (unpaired) electrons. The van der Waals surface area contributed by atoms with Crippen molar-refractivity contribution in [2.24, 2.45) is 0 Å². The number of hydrogen-bond acceptors (Lipinski definition) is 3. The average molecular weight is 364 g/mol. The van der Waals surface area contributed by atoms with Crippen LogP contribution in [0.4, 0.5) is 5.69 Å². The van der Waals surface area contributed by atoms with Crippen LogP contribution in [-0.2, 0) is 11.4 Å². The lowest BCUT2D eigenvalue weighted by molar-refractivity contribution is -0.119. The molecule has 0 heterocycles. The minimum Gasteiger partial charge on any atom is -0.489 e. The third-order valence-electron chi connectivity index (χ3n) is 4.69. The molecule has 1 aliphatic carbocycles. The van der Waals surface area contributed by atoms with Gasteiger partial charge in [0, 0.05) is 18.3 Å². The van der Waals surface area contributed by atoms with Gasteiger partial charge in [0.2, 0.25) is 5.91 Å². The highest BCUT2D eigenvalue weighted by atomic mass is 16.5. The molecule has 4 heteroatoms. The van der Waals surface area contributed by atoms with Crippen LogP contribution in [0.3, 0.4) is 0 Å². The van der Waals surface area contributed by atoms with Crippen LogP contribution < -0.4 is 15.4 Å². The first kappa shape index (κ1) is 19.0. The van der Waals surface area contributed by atoms with E-state index in [2.05, 4.69) is 16.7 Å². The van der Waals surface area contributed by atoms with Gasteiger partial charge in [-0.05, 0) is 49.8 Å². The lowest BCUT2D eigenvalue weighted by Crippen LogP contribution is -2.30. The molecular formula is C23H28N2O2. The van der Waals surface area contributed by atoms with Crippen molar-refractivity contribution in [3.63, 3.8) is 0 Å². The van der Waals surface area contributed by atoms with E-state index in [1.807, 2.05) is 54.6 Å². The molecule has 3 rings (SSSR count). The van der Waals surface area contributed by atoms with E-state index < -0.39 is 0 Å². The van der Waals surface area contributed by atoms with Crippen molar-refractivity contribution in [2.75, 3.05) is 18.4 Å².